The first-order valence-corrected chi connectivity index (χ1v) is 7.69. The maximum absolute atomic E-state index is 13.7. The van der Waals surface area contributed by atoms with Crippen LogP contribution in [0.25, 0.3) is 0 Å². The number of nitrogens with two attached hydrogens (primary N) is 1. The average Bonchev–Trinajstić information content (AvgIpc) is 2.22. The summed E-state index contributed by atoms with van der Waals surface area (Å²) in [7, 11) is -3.90. The van der Waals surface area contributed by atoms with Crippen LogP contribution in [0.2, 0.25) is 0 Å². The Labute approximate surface area is 115 Å². The van der Waals surface area contributed by atoms with E-state index in [4.69, 9.17) is 5.73 Å². The van der Waals surface area contributed by atoms with Gasteiger partial charge in [-0.05, 0) is 40.9 Å². The number of benzene rings is 1. The molecule has 0 fully saturated rings. The van der Waals surface area contributed by atoms with Crippen LogP contribution in [0, 0.1) is 11.7 Å². The number of halogens is 2. The number of hydrogen-bond donors (Lipinski definition) is 2. The van der Waals surface area contributed by atoms with E-state index in [0.29, 0.717) is 4.47 Å². The van der Waals surface area contributed by atoms with Gasteiger partial charge in [-0.2, -0.15) is 0 Å². The van der Waals surface area contributed by atoms with Gasteiger partial charge in [-0.25, -0.2) is 17.5 Å². The smallest absolute Gasteiger partial charge is 0.243 e. The monoisotopic (exact) mass is 338 g/mol. The van der Waals surface area contributed by atoms with Crippen molar-refractivity contribution in [3.05, 3.63) is 22.4 Å². The van der Waals surface area contributed by atoms with Crippen molar-refractivity contribution >= 4 is 31.6 Å². The van der Waals surface area contributed by atoms with Crippen molar-refractivity contribution in [2.45, 2.75) is 31.7 Å². The lowest BCUT2D eigenvalue weighted by molar-refractivity contribution is 0.473. The van der Waals surface area contributed by atoms with Crippen molar-refractivity contribution in [3.8, 4) is 0 Å². The number of rotatable bonds is 4. The lowest BCUT2D eigenvalue weighted by atomic mass is 10.1. The number of nitrogens with one attached hydrogen (secondary N) is 1. The van der Waals surface area contributed by atoms with Crippen LogP contribution in [0.4, 0.5) is 10.1 Å². The fourth-order valence-corrected chi connectivity index (χ4v) is 3.00. The van der Waals surface area contributed by atoms with Gasteiger partial charge in [0.25, 0.3) is 0 Å². The zero-order chi connectivity index (χ0) is 14.1. The molecule has 0 amide bonds. The van der Waals surface area contributed by atoms with Crippen molar-refractivity contribution in [1.82, 2.24) is 4.72 Å². The summed E-state index contributed by atoms with van der Waals surface area (Å²) in [6, 6.07) is 1.86. The Morgan fingerprint density at radius 3 is 2.39 bits per heavy atom. The molecule has 0 bridgehead atoms. The largest absolute Gasteiger partial charge is 0.398 e. The number of anilines is 1. The van der Waals surface area contributed by atoms with Crippen LogP contribution < -0.4 is 10.5 Å². The van der Waals surface area contributed by atoms with Gasteiger partial charge in [0.05, 0.1) is 0 Å². The van der Waals surface area contributed by atoms with Crippen molar-refractivity contribution in [3.63, 3.8) is 0 Å². The maximum Gasteiger partial charge on any atom is 0.243 e. The van der Waals surface area contributed by atoms with E-state index in [0.717, 1.165) is 12.1 Å². The molecule has 0 heterocycles. The van der Waals surface area contributed by atoms with Gasteiger partial charge in [0, 0.05) is 16.2 Å². The molecule has 0 aliphatic rings. The Hall–Kier alpha value is -0.660. The standard InChI is InChI=1S/C11H16BrFN2O2S/c1-6(2)7(3)15-18(16,17)11-5-10(14)8(12)4-9(11)13/h4-7,15H,14H2,1-3H3. The summed E-state index contributed by atoms with van der Waals surface area (Å²) in [5.41, 5.74) is 5.75. The van der Waals surface area contributed by atoms with E-state index in [1.54, 1.807) is 6.92 Å². The van der Waals surface area contributed by atoms with E-state index in [1.165, 1.54) is 0 Å². The molecule has 0 aliphatic carbocycles. The van der Waals surface area contributed by atoms with E-state index in [2.05, 4.69) is 20.7 Å². The molecule has 7 heteroatoms. The molecular formula is C11H16BrFN2O2S. The van der Waals surface area contributed by atoms with Gasteiger partial charge in [0.2, 0.25) is 10.0 Å². The molecule has 102 valence electrons. The van der Waals surface area contributed by atoms with Crippen molar-refractivity contribution in [2.24, 2.45) is 5.92 Å². The molecule has 0 aliphatic heterocycles. The quantitative estimate of drug-likeness (QED) is 0.828. The highest BCUT2D eigenvalue weighted by Gasteiger charge is 2.23. The molecule has 1 rings (SSSR count). The molecule has 0 aromatic heterocycles. The molecule has 0 saturated carbocycles. The topological polar surface area (TPSA) is 72.2 Å². The summed E-state index contributed by atoms with van der Waals surface area (Å²) in [6.45, 7) is 5.47. The van der Waals surface area contributed by atoms with Crippen LogP contribution >= 0.6 is 15.9 Å². The fraction of sp³-hybridized carbons (Fsp3) is 0.455. The average molecular weight is 339 g/mol. The van der Waals surface area contributed by atoms with Crippen LogP contribution in [0.1, 0.15) is 20.8 Å². The van der Waals surface area contributed by atoms with Crippen molar-refractivity contribution in [2.75, 3.05) is 5.73 Å². The van der Waals surface area contributed by atoms with Crippen molar-refractivity contribution in [1.29, 1.82) is 0 Å². The Kier molecular flexibility index (Phi) is 4.74. The molecule has 0 radical (unpaired) electrons. The molecular weight excluding hydrogens is 323 g/mol. The molecule has 1 unspecified atom stereocenters. The maximum atomic E-state index is 13.7. The van der Waals surface area contributed by atoms with Crippen LogP contribution in [-0.2, 0) is 10.0 Å². The van der Waals surface area contributed by atoms with Crippen LogP contribution in [0.5, 0.6) is 0 Å². The third-order valence-electron chi connectivity index (χ3n) is 2.68. The van der Waals surface area contributed by atoms with Gasteiger partial charge in [-0.15, -0.1) is 0 Å². The Morgan fingerprint density at radius 1 is 1.33 bits per heavy atom. The van der Waals surface area contributed by atoms with Gasteiger partial charge >= 0.3 is 0 Å². The first-order chi connectivity index (χ1) is 8.15. The van der Waals surface area contributed by atoms with Gasteiger partial charge in [0.15, 0.2) is 0 Å². The van der Waals surface area contributed by atoms with Gasteiger partial charge in [-0.3, -0.25) is 0 Å². The molecule has 1 aromatic rings. The molecule has 4 nitrogen and oxygen atoms in total. The fourth-order valence-electron chi connectivity index (χ4n) is 1.20. The van der Waals surface area contributed by atoms with Crippen LogP contribution in [-0.4, -0.2) is 14.5 Å². The van der Waals surface area contributed by atoms with Crippen LogP contribution in [0.15, 0.2) is 21.5 Å². The minimum absolute atomic E-state index is 0.107. The van der Waals surface area contributed by atoms with E-state index in [-0.39, 0.29) is 17.6 Å². The highest BCUT2D eigenvalue weighted by atomic mass is 79.9. The molecule has 0 saturated heterocycles. The lowest BCUT2D eigenvalue weighted by Crippen LogP contribution is -2.36. The first kappa shape index (κ1) is 15.4. The first-order valence-electron chi connectivity index (χ1n) is 5.42. The summed E-state index contributed by atoms with van der Waals surface area (Å²) in [6.07, 6.45) is 0. The summed E-state index contributed by atoms with van der Waals surface area (Å²) < 4.78 is 40.4. The van der Waals surface area contributed by atoms with Gasteiger partial charge in [0.1, 0.15) is 10.7 Å². The summed E-state index contributed by atoms with van der Waals surface area (Å²) in [4.78, 5) is -0.435. The number of sulfonamides is 1. The Balaban J connectivity index is 3.17. The lowest BCUT2D eigenvalue weighted by Gasteiger charge is -2.18. The van der Waals surface area contributed by atoms with Crippen molar-refractivity contribution < 1.29 is 12.8 Å². The highest BCUT2D eigenvalue weighted by molar-refractivity contribution is 9.10. The van der Waals surface area contributed by atoms with Gasteiger partial charge < -0.3 is 5.73 Å². The van der Waals surface area contributed by atoms with E-state index >= 15 is 0 Å². The van der Waals surface area contributed by atoms with E-state index < -0.39 is 20.7 Å². The number of nitrogen functional groups attached to an aromatic ring is 1. The molecule has 1 aromatic carbocycles. The zero-order valence-corrected chi connectivity index (χ0v) is 12.8. The summed E-state index contributed by atoms with van der Waals surface area (Å²) in [5.74, 6) is -0.727. The second-order valence-corrected chi connectivity index (χ2v) is 6.99. The molecule has 1 atom stereocenters. The summed E-state index contributed by atoms with van der Waals surface area (Å²) >= 11 is 3.04. The SMILES string of the molecule is CC(C)C(C)NS(=O)(=O)c1cc(N)c(Br)cc1F. The Bertz CT molecular complexity index is 546. The van der Waals surface area contributed by atoms with Gasteiger partial charge in [-0.1, -0.05) is 13.8 Å². The minimum Gasteiger partial charge on any atom is -0.398 e. The summed E-state index contributed by atoms with van der Waals surface area (Å²) in [5, 5.41) is 0. The predicted molar refractivity (Wildman–Crippen MR) is 73.1 cm³/mol. The third-order valence-corrected chi connectivity index (χ3v) is 4.94. The molecule has 3 N–H and O–H groups in total. The highest BCUT2D eigenvalue weighted by Crippen LogP contribution is 2.26. The predicted octanol–water partition coefficient (Wildman–Crippen LogP) is 2.49. The van der Waals surface area contributed by atoms with Crippen LogP contribution in [0.3, 0.4) is 0 Å². The normalized spacial score (nSPS) is 13.9. The molecule has 0 spiro atoms. The zero-order valence-electron chi connectivity index (χ0n) is 10.4. The van der Waals surface area contributed by atoms with E-state index in [1.807, 2.05) is 13.8 Å². The molecule has 18 heavy (non-hydrogen) atoms. The Morgan fingerprint density at radius 2 is 1.89 bits per heavy atom. The van der Waals surface area contributed by atoms with E-state index in [9.17, 15) is 12.8 Å². The second-order valence-electron chi connectivity index (χ2n) is 4.46. The second kappa shape index (κ2) is 5.54. The number of hydrogen-bond acceptors (Lipinski definition) is 3. The minimum atomic E-state index is -3.90. The third kappa shape index (κ3) is 3.43.